The molecule has 2 rings (SSSR count). The lowest BCUT2D eigenvalue weighted by Gasteiger charge is -2.12. The minimum atomic E-state index is -0.384. The Hall–Kier alpha value is -1.90. The molecule has 0 unspecified atom stereocenters. The van der Waals surface area contributed by atoms with Crippen LogP contribution in [0.3, 0.4) is 0 Å². The topological polar surface area (TPSA) is 59.0 Å². The van der Waals surface area contributed by atoms with Crippen LogP contribution < -0.4 is 10.5 Å². The van der Waals surface area contributed by atoms with E-state index in [9.17, 15) is 4.39 Å². The summed E-state index contributed by atoms with van der Waals surface area (Å²) in [5, 5.41) is 9.03. The van der Waals surface area contributed by atoms with Crippen LogP contribution in [0, 0.1) is 17.1 Å². The van der Waals surface area contributed by atoms with Crippen LogP contribution in [-0.2, 0) is 13.0 Å². The van der Waals surface area contributed by atoms with Gasteiger partial charge in [0.05, 0.1) is 11.6 Å². The number of halogens is 2. The standard InChI is InChI=1S/C16H14BrFN2O/c17-14-2-4-16(11(7-14)5-6-19)21-10-13-8-15(18)3-1-12(13)9-20/h1-4,7-8H,5-6,10,19H2. The van der Waals surface area contributed by atoms with Crippen molar-refractivity contribution in [2.45, 2.75) is 13.0 Å². The Bertz CT molecular complexity index is 682. The maximum atomic E-state index is 13.3. The van der Waals surface area contributed by atoms with Crippen LogP contribution in [0.2, 0.25) is 0 Å². The molecule has 21 heavy (non-hydrogen) atoms. The molecule has 0 saturated heterocycles. The number of nitrogens with two attached hydrogens (primary N) is 1. The van der Waals surface area contributed by atoms with E-state index >= 15 is 0 Å². The Morgan fingerprint density at radius 1 is 1.19 bits per heavy atom. The molecule has 2 aromatic rings. The molecule has 0 saturated carbocycles. The van der Waals surface area contributed by atoms with E-state index in [0.29, 0.717) is 29.8 Å². The van der Waals surface area contributed by atoms with Gasteiger partial charge in [0.1, 0.15) is 18.2 Å². The van der Waals surface area contributed by atoms with Gasteiger partial charge < -0.3 is 10.5 Å². The summed E-state index contributed by atoms with van der Waals surface area (Å²) >= 11 is 3.41. The summed E-state index contributed by atoms with van der Waals surface area (Å²) in [7, 11) is 0. The van der Waals surface area contributed by atoms with Crippen molar-refractivity contribution in [2.75, 3.05) is 6.54 Å². The third kappa shape index (κ3) is 4.03. The fraction of sp³-hybridized carbons (Fsp3) is 0.188. The molecule has 0 spiro atoms. The summed E-state index contributed by atoms with van der Waals surface area (Å²) in [5.41, 5.74) is 7.50. The molecule has 0 aromatic heterocycles. The molecule has 0 aliphatic rings. The summed E-state index contributed by atoms with van der Waals surface area (Å²) in [6.45, 7) is 0.649. The zero-order valence-corrected chi connectivity index (χ0v) is 12.9. The van der Waals surface area contributed by atoms with Crippen molar-refractivity contribution < 1.29 is 9.13 Å². The summed E-state index contributed by atoms with van der Waals surface area (Å²) in [4.78, 5) is 0. The van der Waals surface area contributed by atoms with E-state index in [1.807, 2.05) is 24.3 Å². The number of hydrogen-bond donors (Lipinski definition) is 1. The molecular weight excluding hydrogens is 335 g/mol. The van der Waals surface area contributed by atoms with Crippen molar-refractivity contribution in [1.29, 1.82) is 5.26 Å². The van der Waals surface area contributed by atoms with Crippen molar-refractivity contribution in [3.05, 3.63) is 63.4 Å². The fourth-order valence-electron chi connectivity index (χ4n) is 1.99. The van der Waals surface area contributed by atoms with E-state index in [-0.39, 0.29) is 12.4 Å². The number of nitriles is 1. The molecule has 0 aliphatic carbocycles. The Kier molecular flexibility index (Phi) is 5.32. The summed E-state index contributed by atoms with van der Waals surface area (Å²) in [6, 6.07) is 11.7. The number of rotatable bonds is 5. The van der Waals surface area contributed by atoms with Crippen LogP contribution in [0.4, 0.5) is 4.39 Å². The SMILES string of the molecule is N#Cc1ccc(F)cc1COc1ccc(Br)cc1CCN. The van der Waals surface area contributed by atoms with Crippen molar-refractivity contribution >= 4 is 15.9 Å². The predicted molar refractivity (Wildman–Crippen MR) is 82.3 cm³/mol. The minimum Gasteiger partial charge on any atom is -0.489 e. The molecule has 0 fully saturated rings. The molecule has 0 radical (unpaired) electrons. The van der Waals surface area contributed by atoms with Gasteiger partial charge in [-0.2, -0.15) is 5.26 Å². The molecule has 108 valence electrons. The van der Waals surface area contributed by atoms with Gasteiger partial charge in [-0.05, 0) is 54.9 Å². The average Bonchev–Trinajstić information content (AvgIpc) is 2.47. The second-order valence-electron chi connectivity index (χ2n) is 4.49. The van der Waals surface area contributed by atoms with Crippen LogP contribution >= 0.6 is 15.9 Å². The van der Waals surface area contributed by atoms with Gasteiger partial charge in [0.25, 0.3) is 0 Å². The number of ether oxygens (including phenoxy) is 1. The molecular formula is C16H14BrFN2O. The van der Waals surface area contributed by atoms with E-state index in [1.54, 1.807) is 0 Å². The maximum absolute atomic E-state index is 13.3. The second kappa shape index (κ2) is 7.21. The Balaban J connectivity index is 2.20. The van der Waals surface area contributed by atoms with Crippen LogP contribution in [0.5, 0.6) is 5.75 Å². The first kappa shape index (κ1) is 15.5. The average molecular weight is 349 g/mol. The molecule has 0 heterocycles. The number of benzene rings is 2. The van der Waals surface area contributed by atoms with Gasteiger partial charge in [-0.3, -0.25) is 0 Å². The van der Waals surface area contributed by atoms with Gasteiger partial charge in [0.2, 0.25) is 0 Å². The lowest BCUT2D eigenvalue weighted by molar-refractivity contribution is 0.302. The highest BCUT2D eigenvalue weighted by Crippen LogP contribution is 2.25. The van der Waals surface area contributed by atoms with Crippen LogP contribution in [0.25, 0.3) is 0 Å². The first-order chi connectivity index (χ1) is 10.1. The Morgan fingerprint density at radius 3 is 2.71 bits per heavy atom. The summed E-state index contributed by atoms with van der Waals surface area (Å²) < 4.78 is 20.0. The minimum absolute atomic E-state index is 0.139. The van der Waals surface area contributed by atoms with Crippen LogP contribution in [0.1, 0.15) is 16.7 Å². The van der Waals surface area contributed by atoms with Gasteiger partial charge in [-0.15, -0.1) is 0 Å². The van der Waals surface area contributed by atoms with E-state index in [2.05, 4.69) is 15.9 Å². The molecule has 0 atom stereocenters. The van der Waals surface area contributed by atoms with Crippen molar-refractivity contribution in [3.8, 4) is 11.8 Å². The van der Waals surface area contributed by atoms with Gasteiger partial charge in [0, 0.05) is 10.0 Å². The smallest absolute Gasteiger partial charge is 0.123 e. The highest BCUT2D eigenvalue weighted by molar-refractivity contribution is 9.10. The number of nitrogens with zero attached hydrogens (tertiary/aromatic N) is 1. The van der Waals surface area contributed by atoms with E-state index in [1.165, 1.54) is 18.2 Å². The quantitative estimate of drug-likeness (QED) is 0.898. The third-order valence-corrected chi connectivity index (χ3v) is 3.50. The van der Waals surface area contributed by atoms with Gasteiger partial charge in [0.15, 0.2) is 0 Å². The zero-order valence-electron chi connectivity index (χ0n) is 11.3. The van der Waals surface area contributed by atoms with E-state index in [4.69, 9.17) is 15.7 Å². The largest absolute Gasteiger partial charge is 0.489 e. The molecule has 0 bridgehead atoms. The fourth-order valence-corrected chi connectivity index (χ4v) is 2.39. The number of hydrogen-bond acceptors (Lipinski definition) is 3. The molecule has 2 N–H and O–H groups in total. The molecule has 2 aromatic carbocycles. The van der Waals surface area contributed by atoms with Crippen molar-refractivity contribution in [1.82, 2.24) is 0 Å². The first-order valence-electron chi connectivity index (χ1n) is 6.44. The first-order valence-corrected chi connectivity index (χ1v) is 7.23. The Labute approximate surface area is 131 Å². The monoisotopic (exact) mass is 348 g/mol. The highest BCUT2D eigenvalue weighted by Gasteiger charge is 2.08. The molecule has 0 aliphatic heterocycles. The van der Waals surface area contributed by atoms with Gasteiger partial charge in [-0.1, -0.05) is 15.9 Å². The maximum Gasteiger partial charge on any atom is 0.123 e. The van der Waals surface area contributed by atoms with Crippen molar-refractivity contribution in [2.24, 2.45) is 5.73 Å². The molecule has 5 heteroatoms. The van der Waals surface area contributed by atoms with Crippen molar-refractivity contribution in [3.63, 3.8) is 0 Å². The lowest BCUT2D eigenvalue weighted by Crippen LogP contribution is -2.06. The molecule has 3 nitrogen and oxygen atoms in total. The highest BCUT2D eigenvalue weighted by atomic mass is 79.9. The third-order valence-electron chi connectivity index (χ3n) is 3.01. The zero-order chi connectivity index (χ0) is 15.2. The summed E-state index contributed by atoms with van der Waals surface area (Å²) in [6.07, 6.45) is 0.684. The molecule has 0 amide bonds. The van der Waals surface area contributed by atoms with Gasteiger partial charge >= 0.3 is 0 Å². The Morgan fingerprint density at radius 2 is 2.00 bits per heavy atom. The van der Waals surface area contributed by atoms with Crippen LogP contribution in [0.15, 0.2) is 40.9 Å². The van der Waals surface area contributed by atoms with Gasteiger partial charge in [-0.25, -0.2) is 4.39 Å². The van der Waals surface area contributed by atoms with Crippen LogP contribution in [-0.4, -0.2) is 6.54 Å². The lowest BCUT2D eigenvalue weighted by atomic mass is 10.1. The van der Waals surface area contributed by atoms with E-state index < -0.39 is 0 Å². The van der Waals surface area contributed by atoms with E-state index in [0.717, 1.165) is 10.0 Å². The summed E-state index contributed by atoms with van der Waals surface area (Å²) in [5.74, 6) is 0.308. The normalized spacial score (nSPS) is 10.2. The predicted octanol–water partition coefficient (Wildman–Crippen LogP) is 3.54. The second-order valence-corrected chi connectivity index (χ2v) is 5.41.